The fraction of sp³-hybridized carbons (Fsp3) is 0.0769. The van der Waals surface area contributed by atoms with Gasteiger partial charge in [-0.1, -0.05) is 18.2 Å². The first-order valence-electron chi connectivity index (χ1n) is 5.30. The average Bonchev–Trinajstić information content (AvgIpc) is 2.34. The second-order valence-corrected chi connectivity index (χ2v) is 3.73. The van der Waals surface area contributed by atoms with Crippen molar-refractivity contribution in [2.24, 2.45) is 5.73 Å². The van der Waals surface area contributed by atoms with Gasteiger partial charge in [-0.05, 0) is 29.8 Å². The van der Waals surface area contributed by atoms with Crippen LogP contribution in [-0.2, 0) is 6.54 Å². The van der Waals surface area contributed by atoms with E-state index in [0.29, 0.717) is 23.6 Å². The molecule has 0 aliphatic carbocycles. The predicted molar refractivity (Wildman–Crippen MR) is 68.4 cm³/mol. The van der Waals surface area contributed by atoms with Gasteiger partial charge in [-0.15, -0.1) is 0 Å². The molecule has 0 fully saturated rings. The smallest absolute Gasteiger partial charge is 0.146 e. The van der Waals surface area contributed by atoms with Crippen LogP contribution in [0.15, 0.2) is 42.5 Å². The number of rotatable bonds is 3. The standard InChI is InChI=1S/C13H14FN3/c14-10-7-9(8-15)5-6-12(10)17-13-4-2-1-3-11(13)16/h1-7,17H,8,15-16H2. The molecule has 88 valence electrons. The number of halogens is 1. The fourth-order valence-electron chi connectivity index (χ4n) is 1.54. The number of hydrogen-bond donors (Lipinski definition) is 3. The number of nitrogen functional groups attached to an aromatic ring is 1. The Hall–Kier alpha value is -2.07. The van der Waals surface area contributed by atoms with Crippen molar-refractivity contribution >= 4 is 17.1 Å². The van der Waals surface area contributed by atoms with Gasteiger partial charge >= 0.3 is 0 Å². The van der Waals surface area contributed by atoms with E-state index in [1.165, 1.54) is 6.07 Å². The summed E-state index contributed by atoms with van der Waals surface area (Å²) in [5, 5.41) is 2.95. The largest absolute Gasteiger partial charge is 0.397 e. The number of anilines is 3. The maximum atomic E-state index is 13.7. The molecule has 0 aliphatic heterocycles. The highest BCUT2D eigenvalue weighted by atomic mass is 19.1. The zero-order chi connectivity index (χ0) is 12.3. The SMILES string of the molecule is NCc1ccc(Nc2ccccc2N)c(F)c1. The predicted octanol–water partition coefficient (Wildman–Crippen LogP) is 2.61. The molecule has 0 bridgehead atoms. The normalized spacial score (nSPS) is 10.2. The van der Waals surface area contributed by atoms with Gasteiger partial charge in [0.2, 0.25) is 0 Å². The first-order valence-corrected chi connectivity index (χ1v) is 5.30. The molecule has 0 atom stereocenters. The summed E-state index contributed by atoms with van der Waals surface area (Å²) in [6.07, 6.45) is 0. The maximum Gasteiger partial charge on any atom is 0.146 e. The van der Waals surface area contributed by atoms with E-state index in [1.54, 1.807) is 24.3 Å². The molecule has 0 aromatic heterocycles. The van der Waals surface area contributed by atoms with Crippen LogP contribution in [0.5, 0.6) is 0 Å². The molecule has 0 amide bonds. The van der Waals surface area contributed by atoms with Gasteiger partial charge in [-0.3, -0.25) is 0 Å². The van der Waals surface area contributed by atoms with E-state index >= 15 is 0 Å². The highest BCUT2D eigenvalue weighted by molar-refractivity contribution is 5.72. The molecular weight excluding hydrogens is 217 g/mol. The zero-order valence-corrected chi connectivity index (χ0v) is 9.28. The Morgan fingerprint density at radius 1 is 1.06 bits per heavy atom. The van der Waals surface area contributed by atoms with Crippen molar-refractivity contribution in [1.29, 1.82) is 0 Å². The molecule has 0 saturated heterocycles. The van der Waals surface area contributed by atoms with Crippen LogP contribution >= 0.6 is 0 Å². The van der Waals surface area contributed by atoms with Crippen LogP contribution in [0.4, 0.5) is 21.5 Å². The Labute approximate surface area is 99.2 Å². The molecule has 0 spiro atoms. The quantitative estimate of drug-likeness (QED) is 0.711. The van der Waals surface area contributed by atoms with Gasteiger partial charge < -0.3 is 16.8 Å². The molecule has 5 N–H and O–H groups in total. The molecule has 0 unspecified atom stereocenters. The average molecular weight is 231 g/mol. The van der Waals surface area contributed by atoms with E-state index < -0.39 is 0 Å². The van der Waals surface area contributed by atoms with E-state index in [4.69, 9.17) is 11.5 Å². The summed E-state index contributed by atoms with van der Waals surface area (Å²) in [6.45, 7) is 0.324. The lowest BCUT2D eigenvalue weighted by Crippen LogP contribution is -2.00. The van der Waals surface area contributed by atoms with Gasteiger partial charge in [-0.2, -0.15) is 0 Å². The molecule has 3 nitrogen and oxygen atoms in total. The van der Waals surface area contributed by atoms with Gasteiger partial charge in [0.25, 0.3) is 0 Å². The van der Waals surface area contributed by atoms with Crippen molar-refractivity contribution in [2.75, 3.05) is 11.1 Å². The Kier molecular flexibility index (Phi) is 3.25. The molecule has 2 rings (SSSR count). The molecule has 4 heteroatoms. The minimum Gasteiger partial charge on any atom is -0.397 e. The second kappa shape index (κ2) is 4.84. The maximum absolute atomic E-state index is 13.7. The van der Waals surface area contributed by atoms with Crippen molar-refractivity contribution in [3.63, 3.8) is 0 Å². The topological polar surface area (TPSA) is 64.1 Å². The Balaban J connectivity index is 2.28. The van der Waals surface area contributed by atoms with Crippen LogP contribution in [-0.4, -0.2) is 0 Å². The Morgan fingerprint density at radius 3 is 2.47 bits per heavy atom. The van der Waals surface area contributed by atoms with E-state index in [1.807, 2.05) is 12.1 Å². The van der Waals surface area contributed by atoms with Crippen molar-refractivity contribution in [3.05, 3.63) is 53.8 Å². The summed E-state index contributed by atoms with van der Waals surface area (Å²) in [5.74, 6) is -0.337. The van der Waals surface area contributed by atoms with Crippen LogP contribution in [0.3, 0.4) is 0 Å². The van der Waals surface area contributed by atoms with Crippen LogP contribution in [0.25, 0.3) is 0 Å². The zero-order valence-electron chi connectivity index (χ0n) is 9.28. The van der Waals surface area contributed by atoms with Gasteiger partial charge in [0, 0.05) is 6.54 Å². The second-order valence-electron chi connectivity index (χ2n) is 3.73. The number of nitrogens with two attached hydrogens (primary N) is 2. The molecule has 17 heavy (non-hydrogen) atoms. The van der Waals surface area contributed by atoms with E-state index in [9.17, 15) is 4.39 Å². The summed E-state index contributed by atoms with van der Waals surface area (Å²) < 4.78 is 13.7. The monoisotopic (exact) mass is 231 g/mol. The van der Waals surface area contributed by atoms with Crippen molar-refractivity contribution in [1.82, 2.24) is 0 Å². The van der Waals surface area contributed by atoms with E-state index in [2.05, 4.69) is 5.32 Å². The third kappa shape index (κ3) is 2.54. The van der Waals surface area contributed by atoms with Crippen molar-refractivity contribution in [2.45, 2.75) is 6.54 Å². The van der Waals surface area contributed by atoms with Crippen LogP contribution in [0.1, 0.15) is 5.56 Å². The summed E-state index contributed by atoms with van der Waals surface area (Å²) in [4.78, 5) is 0. The minimum absolute atomic E-state index is 0.324. The first-order chi connectivity index (χ1) is 8.20. The minimum atomic E-state index is -0.337. The third-order valence-corrected chi connectivity index (χ3v) is 2.50. The number of benzene rings is 2. The lowest BCUT2D eigenvalue weighted by atomic mass is 10.2. The fourth-order valence-corrected chi connectivity index (χ4v) is 1.54. The van der Waals surface area contributed by atoms with Crippen molar-refractivity contribution < 1.29 is 4.39 Å². The molecule has 0 heterocycles. The van der Waals surface area contributed by atoms with Crippen LogP contribution in [0, 0.1) is 5.82 Å². The Morgan fingerprint density at radius 2 is 1.82 bits per heavy atom. The van der Waals surface area contributed by atoms with Crippen molar-refractivity contribution in [3.8, 4) is 0 Å². The lowest BCUT2D eigenvalue weighted by molar-refractivity contribution is 0.629. The van der Waals surface area contributed by atoms with Crippen LogP contribution in [0.2, 0.25) is 0 Å². The molecule has 2 aromatic carbocycles. The molecule has 0 aliphatic rings. The van der Waals surface area contributed by atoms with Gasteiger partial charge in [0.05, 0.1) is 17.1 Å². The van der Waals surface area contributed by atoms with Gasteiger partial charge in [0.15, 0.2) is 0 Å². The summed E-state index contributed by atoms with van der Waals surface area (Å²) >= 11 is 0. The summed E-state index contributed by atoms with van der Waals surface area (Å²) in [7, 11) is 0. The Bertz CT molecular complexity index is 526. The number of nitrogens with one attached hydrogen (secondary N) is 1. The van der Waals surface area contributed by atoms with E-state index in [0.717, 1.165) is 5.56 Å². The molecule has 2 aromatic rings. The van der Waals surface area contributed by atoms with Gasteiger partial charge in [-0.25, -0.2) is 4.39 Å². The van der Waals surface area contributed by atoms with Gasteiger partial charge in [0.1, 0.15) is 5.82 Å². The van der Waals surface area contributed by atoms with E-state index in [-0.39, 0.29) is 5.82 Å². The van der Waals surface area contributed by atoms with Crippen LogP contribution < -0.4 is 16.8 Å². The number of para-hydroxylation sites is 2. The summed E-state index contributed by atoms with van der Waals surface area (Å²) in [6, 6.07) is 12.1. The lowest BCUT2D eigenvalue weighted by Gasteiger charge is -2.10. The molecule has 0 radical (unpaired) electrons. The first kappa shape index (κ1) is 11.4. The third-order valence-electron chi connectivity index (χ3n) is 2.50. The number of hydrogen-bond acceptors (Lipinski definition) is 3. The molecule has 0 saturated carbocycles. The highest BCUT2D eigenvalue weighted by Gasteiger charge is 2.04. The molecular formula is C13H14FN3. The highest BCUT2D eigenvalue weighted by Crippen LogP contribution is 2.24. The summed E-state index contributed by atoms with van der Waals surface area (Å²) in [5.41, 5.74) is 13.6.